The van der Waals surface area contributed by atoms with Crippen LogP contribution in [0.2, 0.25) is 0 Å². The molecule has 1 unspecified atom stereocenters. The number of aliphatic hydroxyl groups is 1. The van der Waals surface area contributed by atoms with Crippen molar-refractivity contribution in [3.8, 4) is 0 Å². The molecule has 2 aromatic rings. The third-order valence-electron chi connectivity index (χ3n) is 5.98. The van der Waals surface area contributed by atoms with Gasteiger partial charge in [0.1, 0.15) is 6.54 Å². The van der Waals surface area contributed by atoms with Crippen LogP contribution in [0.25, 0.3) is 0 Å². The van der Waals surface area contributed by atoms with Gasteiger partial charge in [0.05, 0.1) is 19.6 Å². The maximum Gasteiger partial charge on any atom is 0.348 e. The van der Waals surface area contributed by atoms with E-state index in [1.165, 1.54) is 25.9 Å². The van der Waals surface area contributed by atoms with Crippen LogP contribution in [-0.2, 0) is 15.1 Å². The largest absolute Gasteiger partial charge is 0.453 e. The second-order valence-corrected chi connectivity index (χ2v) is 7.66. The Labute approximate surface area is 154 Å². The molecule has 0 radical (unpaired) electrons. The summed E-state index contributed by atoms with van der Waals surface area (Å²) in [5, 5.41) is 11.5. The Morgan fingerprint density at radius 2 is 1.46 bits per heavy atom. The fourth-order valence-corrected chi connectivity index (χ4v) is 4.54. The second kappa shape index (κ2) is 6.86. The van der Waals surface area contributed by atoms with Crippen molar-refractivity contribution < 1.29 is 19.1 Å². The molecule has 0 aliphatic carbocycles. The van der Waals surface area contributed by atoms with Crippen LogP contribution in [0.4, 0.5) is 0 Å². The van der Waals surface area contributed by atoms with E-state index in [-0.39, 0.29) is 6.10 Å². The number of hydrogen-bond donors (Lipinski definition) is 1. The van der Waals surface area contributed by atoms with Gasteiger partial charge in [0.25, 0.3) is 0 Å². The number of carbonyl (C=O) groups excluding carboxylic acids is 1. The SMILES string of the molecule is O=C(OC1CC[N+]2(CCCC2)C1)C(O)(c1ccccc1)c1ccccc1. The van der Waals surface area contributed by atoms with E-state index in [1.54, 1.807) is 24.3 Å². The van der Waals surface area contributed by atoms with Crippen molar-refractivity contribution in [2.45, 2.75) is 31.0 Å². The Balaban J connectivity index is 1.59. The lowest BCUT2D eigenvalue weighted by atomic mass is 9.86. The zero-order valence-electron chi connectivity index (χ0n) is 15.0. The lowest BCUT2D eigenvalue weighted by Crippen LogP contribution is -2.45. The van der Waals surface area contributed by atoms with Crippen molar-refractivity contribution in [3.05, 3.63) is 71.8 Å². The highest BCUT2D eigenvalue weighted by atomic mass is 16.6. The van der Waals surface area contributed by atoms with E-state index in [0.29, 0.717) is 11.1 Å². The van der Waals surface area contributed by atoms with Crippen molar-refractivity contribution in [2.24, 2.45) is 0 Å². The van der Waals surface area contributed by atoms with Gasteiger partial charge in [-0.3, -0.25) is 0 Å². The number of rotatable bonds is 4. The summed E-state index contributed by atoms with van der Waals surface area (Å²) >= 11 is 0. The summed E-state index contributed by atoms with van der Waals surface area (Å²) in [5.74, 6) is -0.570. The quantitative estimate of drug-likeness (QED) is 0.680. The van der Waals surface area contributed by atoms with Crippen LogP contribution in [0.1, 0.15) is 30.4 Å². The Hall–Kier alpha value is -2.17. The van der Waals surface area contributed by atoms with Gasteiger partial charge in [0.2, 0.25) is 5.60 Å². The Bertz CT molecular complexity index is 714. The van der Waals surface area contributed by atoms with Gasteiger partial charge < -0.3 is 14.3 Å². The first-order valence-corrected chi connectivity index (χ1v) is 9.52. The fourth-order valence-electron chi connectivity index (χ4n) is 4.54. The highest BCUT2D eigenvalue weighted by molar-refractivity contribution is 5.85. The molecule has 0 bridgehead atoms. The van der Waals surface area contributed by atoms with Crippen molar-refractivity contribution in [1.82, 2.24) is 0 Å². The van der Waals surface area contributed by atoms with Gasteiger partial charge in [-0.05, 0) is 11.1 Å². The third kappa shape index (κ3) is 3.04. The topological polar surface area (TPSA) is 46.5 Å². The molecule has 2 saturated heterocycles. The molecule has 4 nitrogen and oxygen atoms in total. The number of quaternary nitrogens is 1. The average Bonchev–Trinajstić information content (AvgIpc) is 3.32. The van der Waals surface area contributed by atoms with E-state index >= 15 is 0 Å². The van der Waals surface area contributed by atoms with Crippen LogP contribution >= 0.6 is 0 Å². The standard InChI is InChI=1S/C22H26NO3/c24-21(26-20-13-16-23(17-20)14-7-8-15-23)22(25,18-9-3-1-4-10-18)19-11-5-2-6-12-19/h1-6,9-12,20,25H,7-8,13-17H2/q+1. The maximum atomic E-state index is 13.1. The number of carbonyl (C=O) groups is 1. The van der Waals surface area contributed by atoms with Gasteiger partial charge in [-0.15, -0.1) is 0 Å². The van der Waals surface area contributed by atoms with Crippen LogP contribution in [0.3, 0.4) is 0 Å². The molecule has 0 amide bonds. The van der Waals surface area contributed by atoms with Gasteiger partial charge in [0, 0.05) is 19.3 Å². The van der Waals surface area contributed by atoms with Crippen molar-refractivity contribution >= 4 is 5.97 Å². The van der Waals surface area contributed by atoms with Gasteiger partial charge in [0.15, 0.2) is 6.10 Å². The Kier molecular flexibility index (Phi) is 4.55. The third-order valence-corrected chi connectivity index (χ3v) is 5.98. The summed E-state index contributed by atoms with van der Waals surface area (Å²) in [7, 11) is 0. The molecular weight excluding hydrogens is 326 g/mol. The number of hydrogen-bond acceptors (Lipinski definition) is 3. The molecule has 1 spiro atoms. The van der Waals surface area contributed by atoms with Crippen LogP contribution in [0.15, 0.2) is 60.7 Å². The van der Waals surface area contributed by atoms with Crippen molar-refractivity contribution in [1.29, 1.82) is 0 Å². The monoisotopic (exact) mass is 352 g/mol. The summed E-state index contributed by atoms with van der Waals surface area (Å²) < 4.78 is 6.94. The minimum Gasteiger partial charge on any atom is -0.453 e. The van der Waals surface area contributed by atoms with E-state index in [9.17, 15) is 9.90 Å². The number of nitrogens with zero attached hydrogens (tertiary/aromatic N) is 1. The summed E-state index contributed by atoms with van der Waals surface area (Å²) in [4.78, 5) is 13.1. The first kappa shape index (κ1) is 17.3. The lowest BCUT2D eigenvalue weighted by Gasteiger charge is -2.30. The second-order valence-electron chi connectivity index (χ2n) is 7.66. The Morgan fingerprint density at radius 3 is 2.00 bits per heavy atom. The summed E-state index contributed by atoms with van der Waals surface area (Å²) in [5.41, 5.74) is -0.695. The number of esters is 1. The van der Waals surface area contributed by atoms with Crippen LogP contribution in [0.5, 0.6) is 0 Å². The van der Waals surface area contributed by atoms with Gasteiger partial charge in [-0.2, -0.15) is 0 Å². The summed E-state index contributed by atoms with van der Waals surface area (Å²) in [6.45, 7) is 4.34. The minimum absolute atomic E-state index is 0.112. The highest BCUT2D eigenvalue weighted by Crippen LogP contribution is 2.34. The lowest BCUT2D eigenvalue weighted by molar-refractivity contribution is -0.906. The highest BCUT2D eigenvalue weighted by Gasteiger charge is 2.46. The Morgan fingerprint density at radius 1 is 0.923 bits per heavy atom. The van der Waals surface area contributed by atoms with Crippen LogP contribution < -0.4 is 0 Å². The molecule has 136 valence electrons. The molecule has 4 heteroatoms. The first-order valence-electron chi connectivity index (χ1n) is 9.52. The number of ether oxygens (including phenoxy) is 1. The average molecular weight is 352 g/mol. The minimum atomic E-state index is -1.78. The molecule has 0 saturated carbocycles. The van der Waals surface area contributed by atoms with E-state index < -0.39 is 11.6 Å². The number of benzene rings is 2. The molecule has 2 heterocycles. The molecular formula is C22H26NO3+. The van der Waals surface area contributed by atoms with Gasteiger partial charge >= 0.3 is 5.97 Å². The predicted octanol–water partition coefficient (Wildman–Crippen LogP) is 2.85. The summed E-state index contributed by atoms with van der Waals surface area (Å²) in [6, 6.07) is 18.2. The normalized spacial score (nSPS) is 21.8. The predicted molar refractivity (Wildman–Crippen MR) is 99.3 cm³/mol. The molecule has 2 aliphatic rings. The molecule has 0 aromatic heterocycles. The maximum absolute atomic E-state index is 13.1. The van der Waals surface area contributed by atoms with Crippen molar-refractivity contribution in [2.75, 3.05) is 26.2 Å². The molecule has 4 rings (SSSR count). The van der Waals surface area contributed by atoms with Crippen LogP contribution in [-0.4, -0.2) is 47.8 Å². The fraction of sp³-hybridized carbons (Fsp3) is 0.409. The summed E-state index contributed by atoms with van der Waals surface area (Å²) in [6.07, 6.45) is 3.29. The zero-order chi connectivity index (χ0) is 18.0. The van der Waals surface area contributed by atoms with Crippen LogP contribution in [0, 0.1) is 0 Å². The molecule has 2 aromatic carbocycles. The first-order chi connectivity index (χ1) is 12.6. The van der Waals surface area contributed by atoms with Crippen molar-refractivity contribution in [3.63, 3.8) is 0 Å². The van der Waals surface area contributed by atoms with E-state index in [4.69, 9.17) is 4.74 Å². The zero-order valence-corrected chi connectivity index (χ0v) is 15.0. The van der Waals surface area contributed by atoms with E-state index in [1.807, 2.05) is 36.4 Å². The molecule has 2 aliphatic heterocycles. The van der Waals surface area contributed by atoms with E-state index in [2.05, 4.69) is 0 Å². The smallest absolute Gasteiger partial charge is 0.348 e. The molecule has 1 atom stereocenters. The molecule has 1 N–H and O–H groups in total. The van der Waals surface area contributed by atoms with Gasteiger partial charge in [-0.25, -0.2) is 4.79 Å². The van der Waals surface area contributed by atoms with Gasteiger partial charge in [-0.1, -0.05) is 60.7 Å². The molecule has 26 heavy (non-hydrogen) atoms. The molecule has 2 fully saturated rings. The van der Waals surface area contributed by atoms with E-state index in [0.717, 1.165) is 24.0 Å².